The zero-order valence-electron chi connectivity index (χ0n) is 18.8. The van der Waals surface area contributed by atoms with E-state index in [4.69, 9.17) is 4.74 Å². The third kappa shape index (κ3) is 5.93. The van der Waals surface area contributed by atoms with Gasteiger partial charge in [0.15, 0.2) is 11.0 Å². The lowest BCUT2D eigenvalue weighted by molar-refractivity contribution is -0.113. The molecular formula is C25H24FN5O2S. The molecule has 0 atom stereocenters. The molecule has 0 bridgehead atoms. The summed E-state index contributed by atoms with van der Waals surface area (Å²) in [5.41, 5.74) is 3.47. The molecule has 0 saturated carbocycles. The minimum Gasteiger partial charge on any atom is -0.497 e. The van der Waals surface area contributed by atoms with Crippen LogP contribution in [0.15, 0.2) is 78.0 Å². The minimum atomic E-state index is -0.297. The summed E-state index contributed by atoms with van der Waals surface area (Å²) in [7, 11) is 1.61. The van der Waals surface area contributed by atoms with Gasteiger partial charge in [0.2, 0.25) is 5.91 Å². The fourth-order valence-corrected chi connectivity index (χ4v) is 3.98. The Hall–Kier alpha value is -3.85. The molecule has 3 aromatic carbocycles. The molecular weight excluding hydrogens is 453 g/mol. The molecule has 7 nitrogen and oxygen atoms in total. The van der Waals surface area contributed by atoms with Crippen molar-refractivity contribution in [1.29, 1.82) is 0 Å². The fraction of sp³-hybridized carbons (Fsp3) is 0.160. The average Bonchev–Trinajstić information content (AvgIpc) is 3.26. The van der Waals surface area contributed by atoms with Crippen molar-refractivity contribution in [3.63, 3.8) is 0 Å². The zero-order valence-corrected chi connectivity index (χ0v) is 19.6. The topological polar surface area (TPSA) is 81.1 Å². The fourth-order valence-electron chi connectivity index (χ4n) is 3.21. The van der Waals surface area contributed by atoms with Crippen LogP contribution in [-0.2, 0) is 11.3 Å². The van der Waals surface area contributed by atoms with E-state index in [9.17, 15) is 9.18 Å². The van der Waals surface area contributed by atoms with Gasteiger partial charge in [-0.15, -0.1) is 10.2 Å². The third-order valence-electron chi connectivity index (χ3n) is 4.99. The number of ether oxygens (including phenoxy) is 1. The van der Waals surface area contributed by atoms with Gasteiger partial charge in [0.05, 0.1) is 19.4 Å². The Labute approximate surface area is 201 Å². The molecule has 4 rings (SSSR count). The number of nitrogens with zero attached hydrogens (tertiary/aromatic N) is 3. The van der Waals surface area contributed by atoms with Gasteiger partial charge in [0, 0.05) is 17.1 Å². The van der Waals surface area contributed by atoms with Gasteiger partial charge in [-0.25, -0.2) is 4.39 Å². The van der Waals surface area contributed by atoms with Crippen LogP contribution in [0.5, 0.6) is 5.75 Å². The standard InChI is InChI=1S/C25H24FN5O2S/c1-17-3-7-20(8-4-17)28-24(32)16-34-25-30-29-23(15-27-19-9-5-18(26)6-10-19)31(25)21-11-13-22(33-2)14-12-21/h3-14,27H,15-16H2,1-2H3,(H,28,32). The Morgan fingerprint density at radius 2 is 1.65 bits per heavy atom. The van der Waals surface area contributed by atoms with Gasteiger partial charge < -0.3 is 15.4 Å². The molecule has 34 heavy (non-hydrogen) atoms. The monoisotopic (exact) mass is 477 g/mol. The smallest absolute Gasteiger partial charge is 0.234 e. The van der Waals surface area contributed by atoms with E-state index < -0.39 is 0 Å². The minimum absolute atomic E-state index is 0.135. The largest absolute Gasteiger partial charge is 0.497 e. The van der Waals surface area contributed by atoms with Crippen molar-refractivity contribution in [2.24, 2.45) is 0 Å². The maximum atomic E-state index is 13.2. The summed E-state index contributed by atoms with van der Waals surface area (Å²) in [5.74, 6) is 1.12. The molecule has 4 aromatic rings. The summed E-state index contributed by atoms with van der Waals surface area (Å²) in [6, 6.07) is 21.3. The number of amides is 1. The van der Waals surface area contributed by atoms with Gasteiger partial charge in [0.25, 0.3) is 0 Å². The van der Waals surface area contributed by atoms with Crippen molar-refractivity contribution >= 4 is 29.0 Å². The first-order valence-corrected chi connectivity index (χ1v) is 11.6. The molecule has 174 valence electrons. The van der Waals surface area contributed by atoms with E-state index in [0.717, 1.165) is 28.4 Å². The summed E-state index contributed by atoms with van der Waals surface area (Å²) >= 11 is 1.30. The number of thioether (sulfide) groups is 1. The van der Waals surface area contributed by atoms with Gasteiger partial charge in [-0.2, -0.15) is 0 Å². The highest BCUT2D eigenvalue weighted by molar-refractivity contribution is 7.99. The molecule has 0 saturated heterocycles. The molecule has 0 fully saturated rings. The number of halogens is 1. The SMILES string of the molecule is COc1ccc(-n2c(CNc3ccc(F)cc3)nnc2SCC(=O)Nc2ccc(C)cc2)cc1. The van der Waals surface area contributed by atoms with Crippen LogP contribution >= 0.6 is 11.8 Å². The average molecular weight is 478 g/mol. The highest BCUT2D eigenvalue weighted by Gasteiger charge is 2.16. The molecule has 1 aromatic heterocycles. The molecule has 0 aliphatic carbocycles. The predicted octanol–water partition coefficient (Wildman–Crippen LogP) is 5.07. The first-order chi connectivity index (χ1) is 16.5. The summed E-state index contributed by atoms with van der Waals surface area (Å²) in [5, 5.41) is 15.4. The Balaban J connectivity index is 1.51. The van der Waals surface area contributed by atoms with Crippen molar-refractivity contribution in [2.45, 2.75) is 18.6 Å². The van der Waals surface area contributed by atoms with Crippen LogP contribution in [0.3, 0.4) is 0 Å². The molecule has 0 aliphatic heterocycles. The molecule has 0 aliphatic rings. The number of aromatic nitrogens is 3. The van der Waals surface area contributed by atoms with Gasteiger partial charge in [-0.1, -0.05) is 29.5 Å². The second-order valence-corrected chi connectivity index (χ2v) is 8.44. The lowest BCUT2D eigenvalue weighted by Gasteiger charge is -2.12. The lowest BCUT2D eigenvalue weighted by atomic mass is 10.2. The van der Waals surface area contributed by atoms with Gasteiger partial charge >= 0.3 is 0 Å². The van der Waals surface area contributed by atoms with Crippen LogP contribution in [0.25, 0.3) is 5.69 Å². The van der Waals surface area contributed by atoms with Crippen LogP contribution in [0.1, 0.15) is 11.4 Å². The summed E-state index contributed by atoms with van der Waals surface area (Å²) in [6.07, 6.45) is 0. The Kier molecular flexibility index (Phi) is 7.44. The molecule has 0 unspecified atom stereocenters. The molecule has 2 N–H and O–H groups in total. The normalized spacial score (nSPS) is 10.7. The van der Waals surface area contributed by atoms with Gasteiger partial charge in [-0.05, 0) is 67.6 Å². The van der Waals surface area contributed by atoms with E-state index in [-0.39, 0.29) is 17.5 Å². The summed E-state index contributed by atoms with van der Waals surface area (Å²) in [4.78, 5) is 12.5. The number of nitrogens with one attached hydrogen (secondary N) is 2. The van der Waals surface area contributed by atoms with Crippen LogP contribution < -0.4 is 15.4 Å². The molecule has 0 radical (unpaired) electrons. The number of anilines is 2. The maximum Gasteiger partial charge on any atom is 0.234 e. The van der Waals surface area contributed by atoms with E-state index in [1.54, 1.807) is 19.2 Å². The van der Waals surface area contributed by atoms with Crippen molar-refractivity contribution < 1.29 is 13.9 Å². The van der Waals surface area contributed by atoms with E-state index in [2.05, 4.69) is 20.8 Å². The zero-order chi connectivity index (χ0) is 23.9. The van der Waals surface area contributed by atoms with Crippen LogP contribution in [0, 0.1) is 12.7 Å². The third-order valence-corrected chi connectivity index (χ3v) is 5.92. The van der Waals surface area contributed by atoms with Crippen LogP contribution in [0.2, 0.25) is 0 Å². The first kappa shape index (κ1) is 23.3. The number of methoxy groups -OCH3 is 1. The van der Waals surface area contributed by atoms with Crippen molar-refractivity contribution in [3.05, 3.63) is 90.0 Å². The number of carbonyl (C=O) groups excluding carboxylic acids is 1. The van der Waals surface area contributed by atoms with E-state index in [0.29, 0.717) is 17.5 Å². The number of aryl methyl sites for hydroxylation is 1. The molecule has 1 amide bonds. The number of hydrogen-bond donors (Lipinski definition) is 2. The van der Waals surface area contributed by atoms with Crippen LogP contribution in [-0.4, -0.2) is 33.5 Å². The van der Waals surface area contributed by atoms with Gasteiger partial charge in [0.1, 0.15) is 11.6 Å². The number of rotatable bonds is 9. The predicted molar refractivity (Wildman–Crippen MR) is 132 cm³/mol. The maximum absolute atomic E-state index is 13.2. The molecule has 9 heteroatoms. The lowest BCUT2D eigenvalue weighted by Crippen LogP contribution is -2.15. The van der Waals surface area contributed by atoms with Gasteiger partial charge in [-0.3, -0.25) is 9.36 Å². The number of benzene rings is 3. The molecule has 1 heterocycles. The van der Waals surface area contributed by atoms with Crippen LogP contribution in [0.4, 0.5) is 15.8 Å². The van der Waals surface area contributed by atoms with Crippen molar-refractivity contribution in [1.82, 2.24) is 14.8 Å². The van der Waals surface area contributed by atoms with Crippen molar-refractivity contribution in [2.75, 3.05) is 23.5 Å². The van der Waals surface area contributed by atoms with Crippen molar-refractivity contribution in [3.8, 4) is 11.4 Å². The van der Waals surface area contributed by atoms with E-state index in [1.807, 2.05) is 60.0 Å². The second-order valence-electron chi connectivity index (χ2n) is 7.50. The number of carbonyl (C=O) groups is 1. The Morgan fingerprint density at radius 1 is 0.971 bits per heavy atom. The number of hydrogen-bond acceptors (Lipinski definition) is 6. The molecule has 0 spiro atoms. The highest BCUT2D eigenvalue weighted by Crippen LogP contribution is 2.25. The quantitative estimate of drug-likeness (QED) is 0.328. The summed E-state index contributed by atoms with van der Waals surface area (Å²) < 4.78 is 20.4. The van der Waals surface area contributed by atoms with E-state index in [1.165, 1.54) is 23.9 Å². The van der Waals surface area contributed by atoms with E-state index >= 15 is 0 Å². The highest BCUT2D eigenvalue weighted by atomic mass is 32.2. The first-order valence-electron chi connectivity index (χ1n) is 10.6. The summed E-state index contributed by atoms with van der Waals surface area (Å²) in [6.45, 7) is 2.36. The second kappa shape index (κ2) is 10.8. The Morgan fingerprint density at radius 3 is 2.32 bits per heavy atom. The Bertz CT molecular complexity index is 1240.